The Labute approximate surface area is 306 Å². The molecule has 1 aliphatic rings. The van der Waals surface area contributed by atoms with Crippen molar-refractivity contribution in [2.75, 3.05) is 10.2 Å². The van der Waals surface area contributed by atoms with E-state index in [-0.39, 0.29) is 62.4 Å². The van der Waals surface area contributed by atoms with Gasteiger partial charge in [0.2, 0.25) is 0 Å². The first-order chi connectivity index (χ1) is 20.5. The molecule has 0 radical (unpaired) electrons. The van der Waals surface area contributed by atoms with Gasteiger partial charge in [0.1, 0.15) is 10.1 Å². The summed E-state index contributed by atoms with van der Waals surface area (Å²) in [6.07, 6.45) is 28.6. The van der Waals surface area contributed by atoms with Crippen molar-refractivity contribution in [2.24, 2.45) is 0 Å². The monoisotopic (exact) mass is 636 g/mol. The summed E-state index contributed by atoms with van der Waals surface area (Å²) in [5, 5.41) is 3.50. The molecular formula is C36H57KN2O3S. The Morgan fingerprint density at radius 3 is 1.60 bits per heavy atom. The fraction of sp³-hybridized carbons (Fsp3) is 0.667. The summed E-state index contributed by atoms with van der Waals surface area (Å²) < 4.78 is 34.7. The van der Waals surface area contributed by atoms with Gasteiger partial charge in [-0.05, 0) is 36.6 Å². The first kappa shape index (κ1) is 38.8. The summed E-state index contributed by atoms with van der Waals surface area (Å²) >= 11 is 0. The Morgan fingerprint density at radius 1 is 0.674 bits per heavy atom. The zero-order valence-electron chi connectivity index (χ0n) is 27.3. The van der Waals surface area contributed by atoms with Gasteiger partial charge in [-0.2, -0.15) is 0 Å². The van der Waals surface area contributed by atoms with E-state index in [1.54, 1.807) is 6.07 Å². The van der Waals surface area contributed by atoms with E-state index in [4.69, 9.17) is 0 Å². The van der Waals surface area contributed by atoms with Crippen molar-refractivity contribution in [1.29, 1.82) is 0 Å². The number of nitrogens with zero attached hydrogens (tertiary/aromatic N) is 1. The number of hydrogen-bond donors (Lipinski definition) is 1. The van der Waals surface area contributed by atoms with E-state index < -0.39 is 10.1 Å². The van der Waals surface area contributed by atoms with Crippen molar-refractivity contribution < 1.29 is 64.4 Å². The van der Waals surface area contributed by atoms with E-state index in [9.17, 15) is 13.0 Å². The van der Waals surface area contributed by atoms with Gasteiger partial charge in [0.05, 0.1) is 22.4 Å². The SMILES string of the molecule is CCCCCCCCCCCCCCCCCCCCCCC1Nc2cc(S(=O)(=O)[O-])ccc2N1Cc1ccccc1.[K+]. The summed E-state index contributed by atoms with van der Waals surface area (Å²) in [4.78, 5) is 2.13. The predicted octanol–water partition coefficient (Wildman–Crippen LogP) is 7.56. The van der Waals surface area contributed by atoms with Crippen LogP contribution in [0.5, 0.6) is 0 Å². The van der Waals surface area contributed by atoms with Gasteiger partial charge in [-0.25, -0.2) is 8.42 Å². The first-order valence-electron chi connectivity index (χ1n) is 17.2. The molecule has 0 bridgehead atoms. The molecule has 1 aliphatic heterocycles. The molecule has 0 amide bonds. The molecule has 2 aromatic rings. The van der Waals surface area contributed by atoms with Crippen molar-refractivity contribution >= 4 is 21.5 Å². The molecular weight excluding hydrogens is 580 g/mol. The molecule has 1 atom stereocenters. The average molecular weight is 637 g/mol. The van der Waals surface area contributed by atoms with Crippen LogP contribution in [0.1, 0.15) is 147 Å². The van der Waals surface area contributed by atoms with Gasteiger partial charge < -0.3 is 14.8 Å². The van der Waals surface area contributed by atoms with Gasteiger partial charge >= 0.3 is 51.4 Å². The molecule has 5 nitrogen and oxygen atoms in total. The largest absolute Gasteiger partial charge is 1.00 e. The molecule has 0 aromatic heterocycles. The van der Waals surface area contributed by atoms with Gasteiger partial charge in [-0.15, -0.1) is 0 Å². The minimum Gasteiger partial charge on any atom is -0.744 e. The van der Waals surface area contributed by atoms with Crippen LogP contribution in [-0.2, 0) is 16.7 Å². The molecule has 43 heavy (non-hydrogen) atoms. The quantitative estimate of drug-likeness (QED) is 0.0731. The maximum atomic E-state index is 11.6. The summed E-state index contributed by atoms with van der Waals surface area (Å²) in [5.41, 5.74) is 2.91. The minimum absolute atomic E-state index is 0. The van der Waals surface area contributed by atoms with E-state index >= 15 is 0 Å². The molecule has 7 heteroatoms. The Morgan fingerprint density at radius 2 is 1.14 bits per heavy atom. The van der Waals surface area contributed by atoms with Gasteiger partial charge in [0.25, 0.3) is 0 Å². The van der Waals surface area contributed by atoms with Crippen LogP contribution in [0.25, 0.3) is 0 Å². The molecule has 236 valence electrons. The first-order valence-corrected chi connectivity index (χ1v) is 18.6. The molecule has 1 unspecified atom stereocenters. The number of unbranched alkanes of at least 4 members (excludes halogenated alkanes) is 19. The maximum Gasteiger partial charge on any atom is 1.00 e. The Kier molecular flexibility index (Phi) is 20.7. The number of hydrogen-bond acceptors (Lipinski definition) is 5. The van der Waals surface area contributed by atoms with E-state index in [0.717, 1.165) is 30.8 Å². The fourth-order valence-corrected chi connectivity index (χ4v) is 6.76. The van der Waals surface area contributed by atoms with Crippen LogP contribution in [-0.4, -0.2) is 19.1 Å². The molecule has 2 aromatic carbocycles. The third-order valence-corrected chi connectivity index (χ3v) is 9.62. The van der Waals surface area contributed by atoms with Crippen molar-refractivity contribution in [3.05, 3.63) is 54.1 Å². The van der Waals surface area contributed by atoms with Crippen LogP contribution >= 0.6 is 0 Å². The Hall–Kier alpha value is -0.414. The third-order valence-electron chi connectivity index (χ3n) is 8.79. The van der Waals surface area contributed by atoms with Gasteiger partial charge in [-0.3, -0.25) is 0 Å². The second-order valence-corrected chi connectivity index (χ2v) is 13.8. The van der Waals surface area contributed by atoms with Crippen LogP contribution in [0.15, 0.2) is 53.4 Å². The number of nitrogens with one attached hydrogen (secondary N) is 1. The average Bonchev–Trinajstić information content (AvgIpc) is 3.32. The van der Waals surface area contributed by atoms with E-state index in [2.05, 4.69) is 29.3 Å². The molecule has 0 saturated heterocycles. The third kappa shape index (κ3) is 15.6. The van der Waals surface area contributed by atoms with Crippen LogP contribution in [0, 0.1) is 0 Å². The Balaban J connectivity index is 0.00000645. The standard InChI is InChI=1S/C36H58N2O3S.K/c1-2-3-4-5-6-7-8-9-10-11-12-13-14-15-16-17-18-19-20-24-27-36-37-34-30-33(42(39,40)41)28-29-35(34)38(36)31-32-25-22-21-23-26-32;/h21-23,25-26,28-30,36-37H,2-20,24,27,31H2,1H3,(H,39,40,41);/q;+1/p-1. The van der Waals surface area contributed by atoms with Crippen molar-refractivity contribution in [3.63, 3.8) is 0 Å². The molecule has 1 heterocycles. The van der Waals surface area contributed by atoms with E-state index in [0.29, 0.717) is 0 Å². The molecule has 0 aliphatic carbocycles. The van der Waals surface area contributed by atoms with Crippen molar-refractivity contribution in [2.45, 2.75) is 159 Å². The number of fused-ring (bicyclic) bond motifs is 1. The minimum atomic E-state index is -4.47. The smallest absolute Gasteiger partial charge is 0.744 e. The van der Waals surface area contributed by atoms with Crippen LogP contribution in [0.4, 0.5) is 11.4 Å². The van der Waals surface area contributed by atoms with Gasteiger partial charge in [0.15, 0.2) is 0 Å². The van der Waals surface area contributed by atoms with Gasteiger partial charge in [-0.1, -0.05) is 159 Å². The summed E-state index contributed by atoms with van der Waals surface area (Å²) in [7, 11) is -4.47. The topological polar surface area (TPSA) is 72.5 Å². The summed E-state index contributed by atoms with van der Waals surface area (Å²) in [5.74, 6) is 0. The van der Waals surface area contributed by atoms with Gasteiger partial charge in [0, 0.05) is 6.54 Å². The fourth-order valence-electron chi connectivity index (χ4n) is 6.26. The number of benzene rings is 2. The van der Waals surface area contributed by atoms with Crippen molar-refractivity contribution in [1.82, 2.24) is 0 Å². The maximum absolute atomic E-state index is 11.6. The van der Waals surface area contributed by atoms with Crippen molar-refractivity contribution in [3.8, 4) is 0 Å². The Bertz CT molecular complexity index is 1100. The predicted molar refractivity (Wildman–Crippen MR) is 177 cm³/mol. The van der Waals surface area contributed by atoms with Crippen LogP contribution in [0.3, 0.4) is 0 Å². The zero-order chi connectivity index (χ0) is 29.9. The van der Waals surface area contributed by atoms with E-state index in [1.165, 1.54) is 140 Å². The van der Waals surface area contributed by atoms with Crippen LogP contribution in [0.2, 0.25) is 0 Å². The van der Waals surface area contributed by atoms with E-state index in [1.807, 2.05) is 18.2 Å². The summed E-state index contributed by atoms with van der Waals surface area (Å²) in [6, 6.07) is 15.0. The second-order valence-electron chi connectivity index (χ2n) is 12.4. The normalized spacial score (nSPS) is 14.4. The molecule has 3 rings (SSSR count). The number of rotatable bonds is 24. The molecule has 0 saturated carbocycles. The van der Waals surface area contributed by atoms with Crippen LogP contribution < -0.4 is 61.6 Å². The molecule has 0 fully saturated rings. The summed E-state index contributed by atoms with van der Waals surface area (Å²) in [6.45, 7) is 3.03. The zero-order valence-corrected chi connectivity index (χ0v) is 31.3. The second kappa shape index (κ2) is 23.0. The molecule has 1 N–H and O–H groups in total. The molecule has 0 spiro atoms. The number of anilines is 2.